The molecule has 208 valence electrons. The Morgan fingerprint density at radius 3 is 2.49 bits per heavy atom. The summed E-state index contributed by atoms with van der Waals surface area (Å²) < 4.78 is 17.8. The highest BCUT2D eigenvalue weighted by atomic mass is 16.6. The number of piperidine rings is 1. The van der Waals surface area contributed by atoms with Gasteiger partial charge < -0.3 is 34.6 Å². The first-order valence-corrected chi connectivity index (χ1v) is 13.1. The summed E-state index contributed by atoms with van der Waals surface area (Å²) in [5.41, 5.74) is 2.26. The van der Waals surface area contributed by atoms with Gasteiger partial charge in [0.15, 0.2) is 11.5 Å². The molecule has 13 heteroatoms. The molecule has 5 rings (SSSR count). The van der Waals surface area contributed by atoms with E-state index in [1.807, 2.05) is 35.1 Å². The van der Waals surface area contributed by atoms with Gasteiger partial charge in [0.2, 0.25) is 0 Å². The van der Waals surface area contributed by atoms with E-state index < -0.39 is 0 Å². The number of nitrogens with one attached hydrogen (secondary N) is 2. The second kappa shape index (κ2) is 12.3. The molecule has 1 aromatic carbocycles. The summed E-state index contributed by atoms with van der Waals surface area (Å²) in [6.07, 6.45) is 3.00. The molecule has 0 radical (unpaired) electrons. The Labute approximate surface area is 226 Å². The highest BCUT2D eigenvalue weighted by Gasteiger charge is 2.28. The topological polar surface area (TPSA) is 136 Å². The smallest absolute Gasteiger partial charge is 0.409 e. The minimum atomic E-state index is -0.315. The van der Waals surface area contributed by atoms with Crippen LogP contribution in [0.4, 0.5) is 21.1 Å². The van der Waals surface area contributed by atoms with Crippen LogP contribution in [0.25, 0.3) is 22.4 Å². The number of urea groups is 1. The maximum absolute atomic E-state index is 12.4. The number of benzene rings is 1. The number of ether oxygens (including phenoxy) is 3. The number of carbonyl (C=O) groups is 2. The minimum Gasteiger partial charge on any atom is -0.447 e. The van der Waals surface area contributed by atoms with E-state index in [1.165, 1.54) is 0 Å². The number of anilines is 2. The maximum Gasteiger partial charge on any atom is 0.409 e. The normalized spacial score (nSPS) is 16.4. The van der Waals surface area contributed by atoms with Gasteiger partial charge in [0, 0.05) is 51.6 Å². The van der Waals surface area contributed by atoms with E-state index in [2.05, 4.69) is 15.5 Å². The van der Waals surface area contributed by atoms with Crippen LogP contribution >= 0.6 is 0 Å². The van der Waals surface area contributed by atoms with Gasteiger partial charge in [-0.15, -0.1) is 0 Å². The zero-order chi connectivity index (χ0) is 27.2. The van der Waals surface area contributed by atoms with E-state index in [0.29, 0.717) is 44.4 Å². The van der Waals surface area contributed by atoms with Crippen LogP contribution in [-0.4, -0.2) is 104 Å². The lowest BCUT2D eigenvalue weighted by atomic mass is 10.1. The molecule has 0 atom stereocenters. The van der Waals surface area contributed by atoms with Crippen LogP contribution < -0.4 is 15.5 Å². The Morgan fingerprint density at radius 2 is 1.79 bits per heavy atom. The van der Waals surface area contributed by atoms with Crippen molar-refractivity contribution in [3.63, 3.8) is 0 Å². The summed E-state index contributed by atoms with van der Waals surface area (Å²) in [6.45, 7) is 4.50. The summed E-state index contributed by atoms with van der Waals surface area (Å²) in [6, 6.07) is 7.24. The van der Waals surface area contributed by atoms with Crippen LogP contribution in [0, 0.1) is 0 Å². The molecule has 0 unspecified atom stereocenters. The third-order valence-corrected chi connectivity index (χ3v) is 6.95. The minimum absolute atomic E-state index is 0.0879. The predicted octanol–water partition coefficient (Wildman–Crippen LogP) is 2.50. The van der Waals surface area contributed by atoms with Crippen molar-refractivity contribution >= 4 is 34.7 Å². The van der Waals surface area contributed by atoms with Gasteiger partial charge in [-0.1, -0.05) is 0 Å². The molecule has 0 aliphatic carbocycles. The molecule has 2 fully saturated rings. The van der Waals surface area contributed by atoms with Gasteiger partial charge in [-0.05, 0) is 37.1 Å². The Bertz CT molecular complexity index is 1280. The van der Waals surface area contributed by atoms with Gasteiger partial charge >= 0.3 is 12.1 Å². The number of amides is 3. The first-order valence-electron chi connectivity index (χ1n) is 13.1. The van der Waals surface area contributed by atoms with Crippen LogP contribution in [0.1, 0.15) is 18.9 Å². The number of hydrogen-bond donors (Lipinski definition) is 2. The third kappa shape index (κ3) is 6.04. The molecule has 2 saturated heterocycles. The lowest BCUT2D eigenvalue weighted by molar-refractivity contribution is 0.0630. The SMILES string of the molecule is CNC(=O)Nc1ccc(-c2nc(N3CCOCC3)c3cnn(C4CCN(C(=O)OCCOC)CC4)c3n2)cc1. The number of aromatic nitrogens is 4. The van der Waals surface area contributed by atoms with E-state index in [0.717, 1.165) is 48.3 Å². The Kier molecular flexibility index (Phi) is 8.37. The first-order chi connectivity index (χ1) is 19.1. The highest BCUT2D eigenvalue weighted by Crippen LogP contribution is 2.32. The zero-order valence-electron chi connectivity index (χ0n) is 22.3. The molecule has 39 heavy (non-hydrogen) atoms. The van der Waals surface area contributed by atoms with Gasteiger partial charge in [-0.25, -0.2) is 24.2 Å². The monoisotopic (exact) mass is 538 g/mol. The molecule has 3 aromatic rings. The number of hydrogen-bond acceptors (Lipinski definition) is 9. The van der Waals surface area contributed by atoms with Crippen molar-refractivity contribution in [1.82, 2.24) is 30.0 Å². The van der Waals surface area contributed by atoms with E-state index in [-0.39, 0.29) is 24.8 Å². The number of likely N-dealkylation sites (tertiary alicyclic amines) is 1. The molecule has 0 bridgehead atoms. The van der Waals surface area contributed by atoms with Crippen LogP contribution in [0.2, 0.25) is 0 Å². The molecule has 2 aromatic heterocycles. The lowest BCUT2D eigenvalue weighted by Crippen LogP contribution is -2.40. The second-order valence-electron chi connectivity index (χ2n) is 9.40. The van der Waals surface area contributed by atoms with E-state index >= 15 is 0 Å². The molecule has 2 N–H and O–H groups in total. The zero-order valence-corrected chi connectivity index (χ0v) is 22.3. The maximum atomic E-state index is 12.4. The summed E-state index contributed by atoms with van der Waals surface area (Å²) in [5, 5.41) is 10.9. The standard InChI is InChI=1S/C26H34N8O5/c1-27-25(35)29-19-5-3-18(4-6-19)22-30-23(32-11-13-38-14-12-32)21-17-28-34(24(21)31-22)20-7-9-33(10-8-20)26(36)39-16-15-37-2/h3-6,17,20H,7-16H2,1-2H3,(H2,27,29,35). The fraction of sp³-hybridized carbons (Fsp3) is 0.500. The van der Waals surface area contributed by atoms with Crippen LogP contribution in [0.5, 0.6) is 0 Å². The van der Waals surface area contributed by atoms with Crippen molar-refractivity contribution in [2.24, 2.45) is 0 Å². The number of morpholine rings is 1. The van der Waals surface area contributed by atoms with Crippen molar-refractivity contribution in [2.75, 3.05) is 77.0 Å². The predicted molar refractivity (Wildman–Crippen MR) is 145 cm³/mol. The molecule has 3 amide bonds. The second-order valence-corrected chi connectivity index (χ2v) is 9.40. The van der Waals surface area contributed by atoms with Gasteiger partial charge in [0.1, 0.15) is 12.4 Å². The lowest BCUT2D eigenvalue weighted by Gasteiger charge is -2.31. The van der Waals surface area contributed by atoms with Crippen LogP contribution in [0.15, 0.2) is 30.5 Å². The van der Waals surface area contributed by atoms with Crippen LogP contribution in [-0.2, 0) is 14.2 Å². The van der Waals surface area contributed by atoms with Crippen LogP contribution in [0.3, 0.4) is 0 Å². The Hall–Kier alpha value is -3.97. The fourth-order valence-electron chi connectivity index (χ4n) is 4.82. The number of rotatable bonds is 7. The van der Waals surface area contributed by atoms with Gasteiger partial charge in [0.25, 0.3) is 0 Å². The van der Waals surface area contributed by atoms with Crippen molar-refractivity contribution in [2.45, 2.75) is 18.9 Å². The summed E-state index contributed by atoms with van der Waals surface area (Å²) >= 11 is 0. The van der Waals surface area contributed by atoms with E-state index in [9.17, 15) is 9.59 Å². The van der Waals surface area contributed by atoms with Crippen molar-refractivity contribution in [1.29, 1.82) is 0 Å². The fourth-order valence-corrected chi connectivity index (χ4v) is 4.82. The van der Waals surface area contributed by atoms with Gasteiger partial charge in [-0.2, -0.15) is 5.10 Å². The van der Waals surface area contributed by atoms with Crippen molar-refractivity contribution in [3.05, 3.63) is 30.5 Å². The molecule has 0 saturated carbocycles. The van der Waals surface area contributed by atoms with E-state index in [4.69, 9.17) is 29.3 Å². The molecule has 2 aliphatic heterocycles. The van der Waals surface area contributed by atoms with E-state index in [1.54, 1.807) is 19.1 Å². The Balaban J connectivity index is 1.42. The summed E-state index contributed by atoms with van der Waals surface area (Å²) in [5.74, 6) is 1.41. The summed E-state index contributed by atoms with van der Waals surface area (Å²) in [4.78, 5) is 37.9. The highest BCUT2D eigenvalue weighted by molar-refractivity contribution is 5.90. The number of nitrogens with zero attached hydrogens (tertiary/aromatic N) is 6. The molecule has 13 nitrogen and oxygen atoms in total. The Morgan fingerprint density at radius 1 is 1.05 bits per heavy atom. The van der Waals surface area contributed by atoms with Gasteiger partial charge in [0.05, 0.1) is 37.4 Å². The molecular formula is C26H34N8O5. The van der Waals surface area contributed by atoms with Gasteiger partial charge in [-0.3, -0.25) is 0 Å². The quantitative estimate of drug-likeness (QED) is 0.435. The largest absolute Gasteiger partial charge is 0.447 e. The molecule has 4 heterocycles. The molecule has 0 spiro atoms. The third-order valence-electron chi connectivity index (χ3n) is 6.95. The summed E-state index contributed by atoms with van der Waals surface area (Å²) in [7, 11) is 3.15. The van der Waals surface area contributed by atoms with Crippen molar-refractivity contribution in [3.8, 4) is 11.4 Å². The average molecular weight is 539 g/mol. The molecular weight excluding hydrogens is 504 g/mol. The molecule has 2 aliphatic rings. The average Bonchev–Trinajstić information content (AvgIpc) is 3.41. The number of methoxy groups -OCH3 is 1. The number of carbonyl (C=O) groups excluding carboxylic acids is 2. The first kappa shape index (κ1) is 26.6. The number of fused-ring (bicyclic) bond motifs is 1. The van der Waals surface area contributed by atoms with Crippen molar-refractivity contribution < 1.29 is 23.8 Å².